The highest BCUT2D eigenvalue weighted by atomic mass is 19.1. The summed E-state index contributed by atoms with van der Waals surface area (Å²) in [7, 11) is 0. The van der Waals surface area contributed by atoms with Crippen molar-refractivity contribution in [2.24, 2.45) is 11.8 Å². The molecule has 0 N–H and O–H groups in total. The molecule has 0 amide bonds. The van der Waals surface area contributed by atoms with E-state index >= 15 is 0 Å². The molecular formula is C15H16FNO3. The molecule has 0 aliphatic carbocycles. The summed E-state index contributed by atoms with van der Waals surface area (Å²) in [6, 6.07) is 4.96. The zero-order valence-corrected chi connectivity index (χ0v) is 11.4. The third-order valence-corrected chi connectivity index (χ3v) is 3.12. The van der Waals surface area contributed by atoms with Gasteiger partial charge in [0.1, 0.15) is 11.7 Å². The van der Waals surface area contributed by atoms with E-state index in [2.05, 4.69) is 4.74 Å². The maximum atomic E-state index is 12.9. The summed E-state index contributed by atoms with van der Waals surface area (Å²) >= 11 is 0. The van der Waals surface area contributed by atoms with Gasteiger partial charge < -0.3 is 4.74 Å². The highest BCUT2D eigenvalue weighted by molar-refractivity contribution is 6.09. The lowest BCUT2D eigenvalue weighted by Crippen LogP contribution is -2.31. The minimum atomic E-state index is -1.04. The van der Waals surface area contributed by atoms with Crippen LogP contribution < -0.4 is 0 Å². The molecule has 2 unspecified atom stereocenters. The standard InChI is InChI=1S/C15H16FNO3/c1-3-4-10(2)13(15(19)20-9-17)14(18)11-5-7-12(16)8-6-11/h5-8,10,13H,3-4H2,1-2H3. The molecule has 106 valence electrons. The molecule has 0 heterocycles. The molecule has 5 heteroatoms. The molecule has 0 fully saturated rings. The zero-order chi connectivity index (χ0) is 15.1. The minimum Gasteiger partial charge on any atom is -0.350 e. The molecule has 0 saturated heterocycles. The molecule has 0 aromatic heterocycles. The first-order chi connectivity index (χ1) is 9.51. The van der Waals surface area contributed by atoms with Crippen LogP contribution in [0, 0.1) is 29.2 Å². The number of carbonyl (C=O) groups is 2. The van der Waals surface area contributed by atoms with Crippen LogP contribution in [0.5, 0.6) is 0 Å². The molecule has 0 radical (unpaired) electrons. The quantitative estimate of drug-likeness (QED) is 0.347. The maximum absolute atomic E-state index is 12.9. The van der Waals surface area contributed by atoms with Crippen molar-refractivity contribution in [1.82, 2.24) is 0 Å². The van der Waals surface area contributed by atoms with E-state index in [0.717, 1.165) is 18.6 Å². The Morgan fingerprint density at radius 2 is 1.95 bits per heavy atom. The molecule has 0 saturated carbocycles. The Morgan fingerprint density at radius 1 is 1.35 bits per heavy atom. The molecule has 1 rings (SSSR count). The molecule has 20 heavy (non-hydrogen) atoms. The summed E-state index contributed by atoms with van der Waals surface area (Å²) in [6.45, 7) is 3.69. The predicted molar refractivity (Wildman–Crippen MR) is 70.0 cm³/mol. The van der Waals surface area contributed by atoms with Crippen molar-refractivity contribution in [3.63, 3.8) is 0 Å². The first-order valence-corrected chi connectivity index (χ1v) is 6.40. The smallest absolute Gasteiger partial charge is 0.332 e. The number of Topliss-reactive ketones (excluding diaryl/α,β-unsaturated/α-hetero) is 1. The van der Waals surface area contributed by atoms with Gasteiger partial charge in [-0.25, -0.2) is 4.39 Å². The molecule has 0 aliphatic rings. The van der Waals surface area contributed by atoms with Crippen molar-refractivity contribution in [1.29, 1.82) is 5.26 Å². The maximum Gasteiger partial charge on any atom is 0.332 e. The van der Waals surface area contributed by atoms with Crippen LogP contribution in [0.2, 0.25) is 0 Å². The molecule has 0 aliphatic heterocycles. The summed E-state index contributed by atoms with van der Waals surface area (Å²) in [5.74, 6) is -3.06. The number of halogens is 1. The third-order valence-electron chi connectivity index (χ3n) is 3.12. The Labute approximate surface area is 117 Å². The van der Waals surface area contributed by atoms with Crippen molar-refractivity contribution in [3.8, 4) is 6.26 Å². The number of carbonyl (C=O) groups excluding carboxylic acids is 2. The number of ketones is 1. The molecule has 4 nitrogen and oxygen atoms in total. The first kappa shape index (κ1) is 15.8. The fourth-order valence-electron chi connectivity index (χ4n) is 2.12. The Balaban J connectivity index is 3.03. The SMILES string of the molecule is CCCC(C)C(C(=O)OC#N)C(=O)c1ccc(F)cc1. The normalized spacial score (nSPS) is 13.1. The van der Waals surface area contributed by atoms with Crippen molar-refractivity contribution >= 4 is 11.8 Å². The average molecular weight is 277 g/mol. The van der Waals surface area contributed by atoms with Crippen LogP contribution >= 0.6 is 0 Å². The van der Waals surface area contributed by atoms with Gasteiger partial charge in [0.2, 0.25) is 0 Å². The lowest BCUT2D eigenvalue weighted by atomic mass is 9.84. The number of ether oxygens (including phenoxy) is 1. The van der Waals surface area contributed by atoms with Crippen LogP contribution in [0.4, 0.5) is 4.39 Å². The molecule has 2 atom stereocenters. The summed E-state index contributed by atoms with van der Waals surface area (Å²) in [4.78, 5) is 24.2. The highest BCUT2D eigenvalue weighted by Gasteiger charge is 2.34. The van der Waals surface area contributed by atoms with E-state index in [0.29, 0.717) is 6.42 Å². The topological polar surface area (TPSA) is 67.2 Å². The van der Waals surface area contributed by atoms with Crippen LogP contribution in [0.1, 0.15) is 37.0 Å². The second-order valence-corrected chi connectivity index (χ2v) is 4.63. The lowest BCUT2D eigenvalue weighted by molar-refractivity contribution is -0.141. The number of esters is 1. The second kappa shape index (κ2) is 7.39. The Morgan fingerprint density at radius 3 is 2.45 bits per heavy atom. The van der Waals surface area contributed by atoms with Gasteiger partial charge in [0.25, 0.3) is 6.26 Å². The van der Waals surface area contributed by atoms with Gasteiger partial charge in [0.05, 0.1) is 0 Å². The van der Waals surface area contributed by atoms with Gasteiger partial charge in [-0.15, -0.1) is 5.26 Å². The Hall–Kier alpha value is -2.22. The van der Waals surface area contributed by atoms with E-state index in [-0.39, 0.29) is 11.5 Å². The first-order valence-electron chi connectivity index (χ1n) is 6.40. The fraction of sp³-hybridized carbons (Fsp3) is 0.400. The van der Waals surface area contributed by atoms with Gasteiger partial charge in [-0.3, -0.25) is 9.59 Å². The monoisotopic (exact) mass is 277 g/mol. The second-order valence-electron chi connectivity index (χ2n) is 4.63. The number of hydrogen-bond donors (Lipinski definition) is 0. The van der Waals surface area contributed by atoms with Crippen molar-refractivity contribution < 1.29 is 18.7 Å². The summed E-state index contributed by atoms with van der Waals surface area (Å²) in [5.41, 5.74) is 0.231. The summed E-state index contributed by atoms with van der Waals surface area (Å²) in [6.07, 6.45) is 2.75. The van der Waals surface area contributed by atoms with Crippen LogP contribution in [0.15, 0.2) is 24.3 Å². The third kappa shape index (κ3) is 3.89. The highest BCUT2D eigenvalue weighted by Crippen LogP contribution is 2.23. The van der Waals surface area contributed by atoms with Gasteiger partial charge >= 0.3 is 5.97 Å². The van der Waals surface area contributed by atoms with Gasteiger partial charge in [0, 0.05) is 5.56 Å². The van der Waals surface area contributed by atoms with E-state index in [9.17, 15) is 14.0 Å². The Bertz CT molecular complexity index is 519. The number of nitrogens with zero attached hydrogens (tertiary/aromatic N) is 1. The number of benzene rings is 1. The van der Waals surface area contributed by atoms with Crippen molar-refractivity contribution in [2.45, 2.75) is 26.7 Å². The summed E-state index contributed by atoms with van der Waals surface area (Å²) in [5, 5.41) is 8.43. The lowest BCUT2D eigenvalue weighted by Gasteiger charge is -2.19. The van der Waals surface area contributed by atoms with Crippen LogP contribution in [-0.4, -0.2) is 11.8 Å². The van der Waals surface area contributed by atoms with E-state index in [1.54, 1.807) is 6.92 Å². The largest absolute Gasteiger partial charge is 0.350 e. The fourth-order valence-corrected chi connectivity index (χ4v) is 2.12. The molecule has 1 aromatic rings. The van der Waals surface area contributed by atoms with E-state index in [4.69, 9.17) is 5.26 Å². The molecule has 0 spiro atoms. The van der Waals surface area contributed by atoms with E-state index < -0.39 is 23.5 Å². The van der Waals surface area contributed by atoms with Gasteiger partial charge in [-0.2, -0.15) is 0 Å². The van der Waals surface area contributed by atoms with E-state index in [1.807, 2.05) is 6.92 Å². The van der Waals surface area contributed by atoms with Gasteiger partial charge in [0.15, 0.2) is 5.78 Å². The average Bonchev–Trinajstić information content (AvgIpc) is 2.40. The van der Waals surface area contributed by atoms with E-state index in [1.165, 1.54) is 18.4 Å². The van der Waals surface area contributed by atoms with Crippen LogP contribution in [0.3, 0.4) is 0 Å². The van der Waals surface area contributed by atoms with Crippen LogP contribution in [-0.2, 0) is 9.53 Å². The van der Waals surface area contributed by atoms with Crippen LogP contribution in [0.25, 0.3) is 0 Å². The molecule has 0 bridgehead atoms. The molecular weight excluding hydrogens is 261 g/mol. The van der Waals surface area contributed by atoms with Crippen molar-refractivity contribution in [2.75, 3.05) is 0 Å². The van der Waals surface area contributed by atoms with Gasteiger partial charge in [-0.05, 0) is 36.6 Å². The predicted octanol–water partition coefficient (Wildman–Crippen LogP) is 3.09. The number of hydrogen-bond acceptors (Lipinski definition) is 4. The minimum absolute atomic E-state index is 0.231. The van der Waals surface area contributed by atoms with Gasteiger partial charge in [-0.1, -0.05) is 20.3 Å². The molecule has 1 aromatic carbocycles. The van der Waals surface area contributed by atoms with Crippen molar-refractivity contribution in [3.05, 3.63) is 35.6 Å². The number of rotatable bonds is 6. The number of nitriles is 1. The Kier molecular flexibility index (Phi) is 5.85. The zero-order valence-electron chi connectivity index (χ0n) is 11.4. The summed E-state index contributed by atoms with van der Waals surface area (Å²) < 4.78 is 17.2.